The molecule has 5 nitrogen and oxygen atoms in total. The van der Waals surface area contributed by atoms with Gasteiger partial charge >= 0.3 is 11.9 Å². The van der Waals surface area contributed by atoms with Gasteiger partial charge in [0.05, 0.1) is 11.1 Å². The second-order valence-electron chi connectivity index (χ2n) is 6.48. The fourth-order valence-electron chi connectivity index (χ4n) is 2.96. The number of aromatic nitrogens is 3. The zero-order valence-corrected chi connectivity index (χ0v) is 13.8. The molecule has 1 aromatic carbocycles. The Balaban J connectivity index is 1.69. The number of pyridine rings is 1. The molecule has 4 rings (SSSR count). The molecule has 2 heterocycles. The number of halogens is 3. The van der Waals surface area contributed by atoms with Gasteiger partial charge in [-0.05, 0) is 36.6 Å². The molecule has 8 heteroatoms. The van der Waals surface area contributed by atoms with Gasteiger partial charge in [-0.25, -0.2) is 9.78 Å². The van der Waals surface area contributed by atoms with Gasteiger partial charge in [0, 0.05) is 30.9 Å². The zero-order valence-electron chi connectivity index (χ0n) is 13.8. The lowest BCUT2D eigenvalue weighted by molar-refractivity contribution is -0.137. The van der Waals surface area contributed by atoms with E-state index < -0.39 is 11.7 Å². The molecule has 26 heavy (non-hydrogen) atoms. The number of benzene rings is 1. The average Bonchev–Trinajstić information content (AvgIpc) is 3.37. The predicted molar refractivity (Wildman–Crippen MR) is 91.8 cm³/mol. The Morgan fingerprint density at radius 3 is 2.77 bits per heavy atom. The zero-order chi connectivity index (χ0) is 18.3. The van der Waals surface area contributed by atoms with Crippen molar-refractivity contribution in [1.82, 2.24) is 19.9 Å². The van der Waals surface area contributed by atoms with Crippen molar-refractivity contribution in [2.45, 2.75) is 31.6 Å². The Labute approximate surface area is 146 Å². The number of alkyl halides is 3. The van der Waals surface area contributed by atoms with Gasteiger partial charge in [0.1, 0.15) is 0 Å². The van der Waals surface area contributed by atoms with Crippen molar-refractivity contribution in [3.63, 3.8) is 0 Å². The van der Waals surface area contributed by atoms with E-state index in [9.17, 15) is 18.0 Å². The summed E-state index contributed by atoms with van der Waals surface area (Å²) in [5.74, 6) is 0. The molecule has 0 unspecified atom stereocenters. The molecular formula is C18H17F3N4O. The van der Waals surface area contributed by atoms with E-state index >= 15 is 0 Å². The summed E-state index contributed by atoms with van der Waals surface area (Å²) in [5.41, 5.74) is 0.971. The second kappa shape index (κ2) is 6.28. The summed E-state index contributed by atoms with van der Waals surface area (Å²) in [7, 11) is 0. The van der Waals surface area contributed by atoms with Gasteiger partial charge in [-0.2, -0.15) is 13.2 Å². The molecule has 0 aliphatic heterocycles. The van der Waals surface area contributed by atoms with E-state index in [1.165, 1.54) is 12.3 Å². The molecule has 2 aromatic heterocycles. The maximum atomic E-state index is 12.9. The first-order chi connectivity index (χ1) is 12.4. The van der Waals surface area contributed by atoms with Crippen molar-refractivity contribution in [3.05, 3.63) is 52.6 Å². The van der Waals surface area contributed by atoms with E-state index in [1.54, 1.807) is 16.7 Å². The van der Waals surface area contributed by atoms with Crippen LogP contribution in [0.3, 0.4) is 0 Å². The maximum absolute atomic E-state index is 12.9. The third-order valence-electron chi connectivity index (χ3n) is 4.50. The summed E-state index contributed by atoms with van der Waals surface area (Å²) in [6, 6.07) is 7.33. The highest BCUT2D eigenvalue weighted by Crippen LogP contribution is 2.32. The number of hydrogen-bond acceptors (Lipinski definition) is 3. The number of nitrogens with one attached hydrogen (secondary N) is 2. The molecule has 0 bridgehead atoms. The largest absolute Gasteiger partial charge is 0.416 e. The molecule has 0 spiro atoms. The highest BCUT2D eigenvalue weighted by Gasteiger charge is 2.30. The van der Waals surface area contributed by atoms with Gasteiger partial charge in [0.2, 0.25) is 0 Å². The number of hydrogen-bond donors (Lipinski definition) is 2. The Morgan fingerprint density at radius 1 is 1.23 bits per heavy atom. The van der Waals surface area contributed by atoms with Crippen LogP contribution >= 0.6 is 0 Å². The smallest absolute Gasteiger partial charge is 0.312 e. The third kappa shape index (κ3) is 3.37. The van der Waals surface area contributed by atoms with Crippen LogP contribution in [-0.4, -0.2) is 27.1 Å². The van der Waals surface area contributed by atoms with E-state index in [0.29, 0.717) is 41.4 Å². The van der Waals surface area contributed by atoms with Crippen LogP contribution in [0.2, 0.25) is 0 Å². The third-order valence-corrected chi connectivity index (χ3v) is 4.50. The van der Waals surface area contributed by atoms with E-state index in [1.807, 2.05) is 0 Å². The first kappa shape index (κ1) is 16.8. The van der Waals surface area contributed by atoms with Gasteiger partial charge in [-0.1, -0.05) is 12.1 Å². The minimum Gasteiger partial charge on any atom is -0.312 e. The molecule has 0 saturated heterocycles. The molecular weight excluding hydrogens is 345 g/mol. The maximum Gasteiger partial charge on any atom is 0.416 e. The van der Waals surface area contributed by atoms with Crippen LogP contribution in [0.4, 0.5) is 13.2 Å². The summed E-state index contributed by atoms with van der Waals surface area (Å²) >= 11 is 0. The summed E-state index contributed by atoms with van der Waals surface area (Å²) in [6.07, 6.45) is -0.618. The molecule has 0 atom stereocenters. The summed E-state index contributed by atoms with van der Waals surface area (Å²) in [4.78, 5) is 19.0. The molecule has 1 saturated carbocycles. The topological polar surface area (TPSA) is 62.7 Å². The van der Waals surface area contributed by atoms with Crippen molar-refractivity contribution in [2.24, 2.45) is 0 Å². The van der Waals surface area contributed by atoms with Crippen LogP contribution in [0.1, 0.15) is 18.4 Å². The van der Waals surface area contributed by atoms with Crippen LogP contribution in [0.25, 0.3) is 22.3 Å². The Hall–Kier alpha value is -2.61. The van der Waals surface area contributed by atoms with Crippen molar-refractivity contribution in [3.8, 4) is 11.1 Å². The molecule has 1 fully saturated rings. The van der Waals surface area contributed by atoms with Crippen molar-refractivity contribution < 1.29 is 13.2 Å². The predicted octanol–water partition coefficient (Wildman–Crippen LogP) is 3.16. The summed E-state index contributed by atoms with van der Waals surface area (Å²) in [5, 5.41) is 3.34. The number of nitrogens with zero attached hydrogens (tertiary/aromatic N) is 2. The molecule has 1 aliphatic carbocycles. The highest BCUT2D eigenvalue weighted by atomic mass is 19.4. The van der Waals surface area contributed by atoms with E-state index in [2.05, 4.69) is 15.3 Å². The first-order valence-corrected chi connectivity index (χ1v) is 8.41. The number of aromatic amines is 1. The lowest BCUT2D eigenvalue weighted by Crippen LogP contribution is -2.26. The highest BCUT2D eigenvalue weighted by molar-refractivity contribution is 5.78. The Bertz CT molecular complexity index is 1000. The number of rotatable bonds is 5. The van der Waals surface area contributed by atoms with Crippen LogP contribution in [0.5, 0.6) is 0 Å². The van der Waals surface area contributed by atoms with Crippen LogP contribution in [0, 0.1) is 0 Å². The standard InChI is InChI=1S/C18H17F3N4O/c19-18(20,21)13-3-1-2-11(8-13)12-9-15-16(23-10-12)24-17(26)25(15)7-6-22-14-4-5-14/h1-3,8-10,14,22H,4-7H2,(H,23,24,26). The minimum absolute atomic E-state index is 0.272. The molecule has 3 aromatic rings. The number of imidazole rings is 1. The minimum atomic E-state index is -4.40. The molecule has 1 aliphatic rings. The second-order valence-corrected chi connectivity index (χ2v) is 6.48. The quantitative estimate of drug-likeness (QED) is 0.733. The fraction of sp³-hybridized carbons (Fsp3) is 0.333. The van der Waals surface area contributed by atoms with Gasteiger partial charge < -0.3 is 5.32 Å². The number of H-pyrrole nitrogens is 1. The van der Waals surface area contributed by atoms with Crippen LogP contribution < -0.4 is 11.0 Å². The monoisotopic (exact) mass is 362 g/mol. The van der Waals surface area contributed by atoms with Crippen molar-refractivity contribution in [1.29, 1.82) is 0 Å². The Kier molecular flexibility index (Phi) is 4.07. The Morgan fingerprint density at radius 2 is 2.04 bits per heavy atom. The van der Waals surface area contributed by atoms with Gasteiger partial charge in [-0.15, -0.1) is 0 Å². The van der Waals surface area contributed by atoms with Gasteiger partial charge in [0.25, 0.3) is 0 Å². The molecule has 0 radical (unpaired) electrons. The summed E-state index contributed by atoms with van der Waals surface area (Å²) < 4.78 is 40.4. The lowest BCUT2D eigenvalue weighted by atomic mass is 10.0. The fourth-order valence-corrected chi connectivity index (χ4v) is 2.96. The van der Waals surface area contributed by atoms with Crippen molar-refractivity contribution in [2.75, 3.05) is 6.54 Å². The van der Waals surface area contributed by atoms with Crippen LogP contribution in [0.15, 0.2) is 41.3 Å². The molecule has 136 valence electrons. The summed E-state index contributed by atoms with van der Waals surface area (Å²) in [6.45, 7) is 1.13. The molecule has 2 N–H and O–H groups in total. The lowest BCUT2D eigenvalue weighted by Gasteiger charge is -2.09. The van der Waals surface area contributed by atoms with E-state index in [0.717, 1.165) is 25.0 Å². The van der Waals surface area contributed by atoms with E-state index in [-0.39, 0.29) is 5.69 Å². The molecule has 0 amide bonds. The van der Waals surface area contributed by atoms with Crippen LogP contribution in [-0.2, 0) is 12.7 Å². The van der Waals surface area contributed by atoms with Gasteiger partial charge in [-0.3, -0.25) is 9.55 Å². The van der Waals surface area contributed by atoms with Crippen molar-refractivity contribution >= 4 is 11.2 Å². The SMILES string of the molecule is O=c1[nH]c2ncc(-c3cccc(C(F)(F)F)c3)cc2n1CCNC1CC1. The number of fused-ring (bicyclic) bond motifs is 1. The van der Waals surface area contributed by atoms with E-state index in [4.69, 9.17) is 0 Å². The normalized spacial score (nSPS) is 14.9. The average molecular weight is 362 g/mol. The first-order valence-electron chi connectivity index (χ1n) is 8.41. The van der Waals surface area contributed by atoms with Gasteiger partial charge in [0.15, 0.2) is 5.65 Å².